The van der Waals surface area contributed by atoms with Gasteiger partial charge in [-0.1, -0.05) is 81.4 Å². The second-order valence-electron chi connectivity index (χ2n) is 7.90. The van der Waals surface area contributed by atoms with Crippen LogP contribution in [-0.2, 0) is 11.4 Å². The standard InChI is InChI=1S/C26H24OS.C3H6O2.C2H6/c1-18-14-25(27-15-21-10-6-4-7-11-21)26(20(3)19(18)2)24-17-28-16-23(24)22-12-8-5-9-13-22;1-2-3(4)5;1-2/h4-14,16-17H,15H2,1-3H3;2H2,1H3,(H,4,5);1-2H3. The first kappa shape index (κ1) is 27.9. The van der Waals surface area contributed by atoms with Gasteiger partial charge in [-0.2, -0.15) is 11.3 Å². The number of carboxylic acid groups (broad SMARTS) is 1. The molecule has 0 fully saturated rings. The van der Waals surface area contributed by atoms with E-state index in [1.807, 2.05) is 19.9 Å². The first-order valence-corrected chi connectivity index (χ1v) is 13.0. The molecular formula is C31H36O3S. The summed E-state index contributed by atoms with van der Waals surface area (Å²) in [5.41, 5.74) is 10.0. The minimum absolute atomic E-state index is 0.222. The Bertz CT molecular complexity index is 1190. The van der Waals surface area contributed by atoms with Crippen LogP contribution in [0.25, 0.3) is 22.3 Å². The van der Waals surface area contributed by atoms with Crippen LogP contribution in [0.3, 0.4) is 0 Å². The number of thiophene rings is 1. The molecule has 184 valence electrons. The molecule has 0 amide bonds. The molecule has 0 aliphatic carbocycles. The molecule has 0 saturated carbocycles. The number of benzene rings is 3. The molecule has 4 aromatic rings. The van der Waals surface area contributed by atoms with Crippen molar-refractivity contribution in [1.82, 2.24) is 0 Å². The van der Waals surface area contributed by atoms with Crippen LogP contribution in [0.5, 0.6) is 5.75 Å². The van der Waals surface area contributed by atoms with Crippen LogP contribution in [-0.4, -0.2) is 11.1 Å². The lowest BCUT2D eigenvalue weighted by Gasteiger charge is -2.19. The second-order valence-corrected chi connectivity index (χ2v) is 8.65. The summed E-state index contributed by atoms with van der Waals surface area (Å²) >= 11 is 1.74. The summed E-state index contributed by atoms with van der Waals surface area (Å²) in [7, 11) is 0. The smallest absolute Gasteiger partial charge is 0.303 e. The van der Waals surface area contributed by atoms with Crippen LogP contribution in [0.4, 0.5) is 0 Å². The maximum absolute atomic E-state index is 9.37. The molecule has 1 aromatic heterocycles. The van der Waals surface area contributed by atoms with Gasteiger partial charge in [-0.15, -0.1) is 0 Å². The van der Waals surface area contributed by atoms with Gasteiger partial charge in [0.15, 0.2) is 0 Å². The molecule has 35 heavy (non-hydrogen) atoms. The first-order valence-electron chi connectivity index (χ1n) is 12.0. The molecular weight excluding hydrogens is 452 g/mol. The van der Waals surface area contributed by atoms with Crippen molar-refractivity contribution in [2.24, 2.45) is 0 Å². The molecule has 0 unspecified atom stereocenters. The monoisotopic (exact) mass is 488 g/mol. The number of carboxylic acids is 1. The number of ether oxygens (including phenoxy) is 1. The molecule has 3 aromatic carbocycles. The Balaban J connectivity index is 0.000000551. The Morgan fingerprint density at radius 1 is 0.857 bits per heavy atom. The molecule has 0 bridgehead atoms. The van der Waals surface area contributed by atoms with Gasteiger partial charge in [0, 0.05) is 23.1 Å². The van der Waals surface area contributed by atoms with Gasteiger partial charge in [0.25, 0.3) is 0 Å². The first-order chi connectivity index (χ1) is 16.9. The summed E-state index contributed by atoms with van der Waals surface area (Å²) in [6, 6.07) is 23.1. The zero-order chi connectivity index (χ0) is 25.8. The van der Waals surface area contributed by atoms with Crippen molar-refractivity contribution in [2.75, 3.05) is 0 Å². The van der Waals surface area contributed by atoms with E-state index in [2.05, 4.69) is 92.2 Å². The van der Waals surface area contributed by atoms with Gasteiger partial charge >= 0.3 is 5.97 Å². The van der Waals surface area contributed by atoms with Crippen LogP contribution in [0.15, 0.2) is 77.5 Å². The Kier molecular flexibility index (Phi) is 11.2. The summed E-state index contributed by atoms with van der Waals surface area (Å²) < 4.78 is 6.36. The van der Waals surface area contributed by atoms with Crippen molar-refractivity contribution in [1.29, 1.82) is 0 Å². The third-order valence-corrected chi connectivity index (χ3v) is 6.42. The molecule has 0 aliphatic rings. The Morgan fingerprint density at radius 2 is 1.40 bits per heavy atom. The van der Waals surface area contributed by atoms with Gasteiger partial charge in [0.2, 0.25) is 0 Å². The highest BCUT2D eigenvalue weighted by molar-refractivity contribution is 7.08. The summed E-state index contributed by atoms with van der Waals surface area (Å²) in [6.07, 6.45) is 0.222. The van der Waals surface area contributed by atoms with E-state index < -0.39 is 5.97 Å². The van der Waals surface area contributed by atoms with Crippen LogP contribution < -0.4 is 4.74 Å². The van der Waals surface area contributed by atoms with E-state index in [-0.39, 0.29) is 6.42 Å². The number of aryl methyl sites for hydroxylation is 1. The lowest BCUT2D eigenvalue weighted by molar-refractivity contribution is -0.136. The van der Waals surface area contributed by atoms with Crippen molar-refractivity contribution in [3.8, 4) is 28.0 Å². The summed E-state index contributed by atoms with van der Waals surface area (Å²) in [6.45, 7) is 12.7. The summed E-state index contributed by atoms with van der Waals surface area (Å²) in [4.78, 5) is 9.37. The molecule has 1 N–H and O–H groups in total. The summed E-state index contributed by atoms with van der Waals surface area (Å²) in [5, 5.41) is 12.2. The Labute approximate surface area is 214 Å². The number of carbonyl (C=O) groups is 1. The van der Waals surface area contributed by atoms with Crippen molar-refractivity contribution in [3.05, 3.63) is 99.7 Å². The van der Waals surface area contributed by atoms with Gasteiger partial charge in [-0.25, -0.2) is 0 Å². The van der Waals surface area contributed by atoms with Gasteiger partial charge < -0.3 is 9.84 Å². The van der Waals surface area contributed by atoms with E-state index in [1.54, 1.807) is 18.3 Å². The highest BCUT2D eigenvalue weighted by Gasteiger charge is 2.18. The fourth-order valence-electron chi connectivity index (χ4n) is 3.56. The van der Waals surface area contributed by atoms with Crippen molar-refractivity contribution in [3.63, 3.8) is 0 Å². The zero-order valence-electron chi connectivity index (χ0n) is 21.6. The van der Waals surface area contributed by atoms with Gasteiger partial charge in [0.05, 0.1) is 0 Å². The second kappa shape index (κ2) is 14.1. The molecule has 4 heteroatoms. The predicted octanol–water partition coefficient (Wildman–Crippen LogP) is 9.09. The number of hydrogen-bond acceptors (Lipinski definition) is 3. The number of aliphatic carboxylic acids is 1. The third kappa shape index (κ3) is 7.56. The maximum atomic E-state index is 9.37. The van der Waals surface area contributed by atoms with E-state index in [0.29, 0.717) is 6.61 Å². The van der Waals surface area contributed by atoms with Crippen molar-refractivity contribution >= 4 is 17.3 Å². The average Bonchev–Trinajstić information content (AvgIpc) is 3.38. The topological polar surface area (TPSA) is 46.5 Å². The van der Waals surface area contributed by atoms with E-state index in [9.17, 15) is 4.79 Å². The molecule has 0 saturated heterocycles. The number of hydrogen-bond donors (Lipinski definition) is 1. The molecule has 1 heterocycles. The molecule has 0 spiro atoms. The predicted molar refractivity (Wildman–Crippen MR) is 149 cm³/mol. The van der Waals surface area contributed by atoms with Crippen molar-refractivity contribution < 1.29 is 14.6 Å². The largest absolute Gasteiger partial charge is 0.488 e. The SMILES string of the molecule is CC.CCC(=O)O.Cc1cc(OCc2ccccc2)c(-c2cscc2-c2ccccc2)c(C)c1C. The van der Waals surface area contributed by atoms with E-state index in [4.69, 9.17) is 9.84 Å². The molecule has 0 atom stereocenters. The van der Waals surface area contributed by atoms with Crippen LogP contribution in [0.1, 0.15) is 49.4 Å². The normalized spacial score (nSPS) is 9.89. The quantitative estimate of drug-likeness (QED) is 0.294. The minimum atomic E-state index is -0.745. The van der Waals surface area contributed by atoms with Gasteiger partial charge in [-0.3, -0.25) is 4.79 Å². The highest BCUT2D eigenvalue weighted by Crippen LogP contribution is 2.43. The molecule has 4 rings (SSSR count). The van der Waals surface area contributed by atoms with Crippen LogP contribution in [0, 0.1) is 20.8 Å². The van der Waals surface area contributed by atoms with Crippen molar-refractivity contribution in [2.45, 2.75) is 54.6 Å². The van der Waals surface area contributed by atoms with E-state index >= 15 is 0 Å². The van der Waals surface area contributed by atoms with E-state index in [0.717, 1.165) is 5.75 Å². The lowest BCUT2D eigenvalue weighted by atomic mass is 9.91. The average molecular weight is 489 g/mol. The Morgan fingerprint density at radius 3 is 1.97 bits per heavy atom. The minimum Gasteiger partial charge on any atom is -0.488 e. The van der Waals surface area contributed by atoms with Crippen LogP contribution in [0.2, 0.25) is 0 Å². The van der Waals surface area contributed by atoms with Gasteiger partial charge in [0.1, 0.15) is 12.4 Å². The molecule has 3 nitrogen and oxygen atoms in total. The fourth-order valence-corrected chi connectivity index (χ4v) is 4.41. The zero-order valence-corrected chi connectivity index (χ0v) is 22.4. The molecule has 0 aliphatic heterocycles. The van der Waals surface area contributed by atoms with E-state index in [1.165, 1.54) is 44.5 Å². The third-order valence-electron chi connectivity index (χ3n) is 5.68. The van der Waals surface area contributed by atoms with Gasteiger partial charge in [-0.05, 0) is 65.4 Å². The Hall–Kier alpha value is -3.37. The number of rotatable bonds is 6. The highest BCUT2D eigenvalue weighted by atomic mass is 32.1. The fraction of sp³-hybridized carbons (Fsp3) is 0.258. The maximum Gasteiger partial charge on any atom is 0.303 e. The van der Waals surface area contributed by atoms with Crippen LogP contribution >= 0.6 is 11.3 Å². The molecule has 0 radical (unpaired) electrons. The summed E-state index contributed by atoms with van der Waals surface area (Å²) in [5.74, 6) is 0.213. The lowest BCUT2D eigenvalue weighted by Crippen LogP contribution is -2.01.